The van der Waals surface area contributed by atoms with Crippen molar-refractivity contribution in [3.63, 3.8) is 0 Å². The number of ether oxygens (including phenoxy) is 5. The average molecular weight is 999 g/mol. The van der Waals surface area contributed by atoms with Crippen molar-refractivity contribution in [2.75, 3.05) is 21.3 Å². The molecule has 0 radical (unpaired) electrons. The maximum atomic E-state index is 14.9. The lowest BCUT2D eigenvalue weighted by atomic mass is 9.81. The van der Waals surface area contributed by atoms with Crippen LogP contribution in [0, 0.1) is 23.5 Å². The van der Waals surface area contributed by atoms with Crippen LogP contribution in [0.25, 0.3) is 22.3 Å². The van der Waals surface area contributed by atoms with Crippen LogP contribution in [0.1, 0.15) is 140 Å². The highest BCUT2D eigenvalue weighted by Crippen LogP contribution is 2.39. The van der Waals surface area contributed by atoms with Crippen molar-refractivity contribution in [2.24, 2.45) is 11.8 Å². The van der Waals surface area contributed by atoms with Gasteiger partial charge in [0.1, 0.15) is 47.8 Å². The second-order valence-electron chi connectivity index (χ2n) is 21.7. The number of carboxylic acids is 1. The summed E-state index contributed by atoms with van der Waals surface area (Å²) in [7, 11) is 4.58. The Morgan fingerprint density at radius 1 is 0.493 bits per heavy atom. The van der Waals surface area contributed by atoms with Crippen LogP contribution in [0.2, 0.25) is 0 Å². The second kappa shape index (κ2) is 25.8. The molecule has 390 valence electrons. The normalized spacial score (nSPS) is 12.4. The van der Waals surface area contributed by atoms with Crippen LogP contribution in [0.3, 0.4) is 0 Å². The molecule has 6 aromatic carbocycles. The van der Waals surface area contributed by atoms with Crippen LogP contribution in [0.5, 0.6) is 23.0 Å². The predicted molar refractivity (Wildman–Crippen MR) is 289 cm³/mol. The summed E-state index contributed by atoms with van der Waals surface area (Å²) in [5, 5.41) is 9.29. The molecule has 0 saturated heterocycles. The summed E-state index contributed by atoms with van der Waals surface area (Å²) < 4.78 is 57.5. The minimum Gasteiger partial charge on any atom is -0.497 e. The van der Waals surface area contributed by atoms with E-state index in [2.05, 4.69) is 75.3 Å². The molecule has 0 aliphatic carbocycles. The summed E-state index contributed by atoms with van der Waals surface area (Å²) in [4.78, 5) is 23.2. The van der Waals surface area contributed by atoms with E-state index in [-0.39, 0.29) is 46.7 Å². The topological polar surface area (TPSA) is 101 Å². The number of halogens is 2. The van der Waals surface area contributed by atoms with Crippen molar-refractivity contribution < 1.29 is 47.2 Å². The van der Waals surface area contributed by atoms with Crippen molar-refractivity contribution in [1.82, 2.24) is 0 Å². The van der Waals surface area contributed by atoms with Crippen LogP contribution < -0.4 is 18.9 Å². The molecule has 0 aromatic heterocycles. The molecule has 0 amide bonds. The molecular weight excluding hydrogens is 923 g/mol. The van der Waals surface area contributed by atoms with Gasteiger partial charge < -0.3 is 28.8 Å². The van der Waals surface area contributed by atoms with Gasteiger partial charge in [-0.05, 0) is 165 Å². The molecule has 0 aliphatic heterocycles. The lowest BCUT2D eigenvalue weighted by Crippen LogP contribution is -2.13. The number of hydrogen-bond acceptors (Lipinski definition) is 7. The van der Waals surface area contributed by atoms with Crippen LogP contribution in [-0.4, -0.2) is 38.4 Å². The Labute approximate surface area is 433 Å². The van der Waals surface area contributed by atoms with E-state index in [4.69, 9.17) is 23.7 Å². The molecular formula is C63H76F2O8. The number of esters is 1. The van der Waals surface area contributed by atoms with Gasteiger partial charge in [0.15, 0.2) is 0 Å². The molecule has 0 bridgehead atoms. The van der Waals surface area contributed by atoms with Crippen LogP contribution in [-0.2, 0) is 38.4 Å². The van der Waals surface area contributed by atoms with E-state index in [1.165, 1.54) is 19.2 Å². The Kier molecular flexibility index (Phi) is 20.2. The minimum atomic E-state index is -0.789. The van der Waals surface area contributed by atoms with Gasteiger partial charge in [-0.15, -0.1) is 0 Å². The van der Waals surface area contributed by atoms with Crippen molar-refractivity contribution in [3.8, 4) is 45.3 Å². The quantitative estimate of drug-likeness (QED) is 0.0755. The molecule has 6 aromatic rings. The lowest BCUT2D eigenvalue weighted by molar-refractivity contribution is -0.141. The average Bonchev–Trinajstić information content (AvgIpc) is 3.34. The fourth-order valence-corrected chi connectivity index (χ4v) is 9.11. The standard InChI is InChI=1S/C32H39FO4.C31H37FO4/c1-21(2)16-24(18-31(34)36-7)23-9-11-25(12-10-23)37-20-22-8-14-29(32(3,4)5)27(17-22)28-19-26(35-6)13-15-30(28)33;1-20(2)15-23(17-30(33)34)22-8-10-24(11-9-22)36-19-21-7-13-28(31(3,4)5)26(16-21)27-18-25(35-6)12-14-29(27)32/h8-15,17,19,21,24H,16,18,20H2,1-7H3;7-14,16,18,20,23H,15,17,19H2,1-6H3,(H,33,34)/t24-;23-/m11/s1. The van der Waals surface area contributed by atoms with Gasteiger partial charge in [0.05, 0.1) is 34.2 Å². The van der Waals surface area contributed by atoms with Gasteiger partial charge in [0.25, 0.3) is 0 Å². The van der Waals surface area contributed by atoms with Gasteiger partial charge in [-0.25, -0.2) is 8.78 Å². The monoisotopic (exact) mass is 999 g/mol. The molecule has 0 saturated carbocycles. The molecule has 2 atom stereocenters. The first kappa shape index (κ1) is 57.2. The summed E-state index contributed by atoms with van der Waals surface area (Å²) in [6, 6.07) is 37.3. The number of carbonyl (C=O) groups excluding carboxylic acids is 1. The molecule has 0 fully saturated rings. The van der Waals surface area contributed by atoms with E-state index in [0.29, 0.717) is 59.8 Å². The van der Waals surface area contributed by atoms with Gasteiger partial charge in [-0.2, -0.15) is 0 Å². The number of carbonyl (C=O) groups is 2. The zero-order valence-corrected chi connectivity index (χ0v) is 45.2. The number of rotatable bonds is 20. The number of methoxy groups -OCH3 is 3. The SMILES string of the molecule is COC(=O)C[C@@H](CC(C)C)c1ccc(OCc2ccc(C(C)(C)C)c(-c3cc(OC)ccc3F)c2)cc1.COc1ccc(F)c(-c2cc(COc3ccc([C@@H](CC(=O)O)CC(C)C)cc3)ccc2C(C)(C)C)c1. The van der Waals surface area contributed by atoms with Crippen molar-refractivity contribution >= 4 is 11.9 Å². The smallest absolute Gasteiger partial charge is 0.306 e. The molecule has 10 heteroatoms. The second-order valence-corrected chi connectivity index (χ2v) is 21.7. The largest absolute Gasteiger partial charge is 0.497 e. The zero-order chi connectivity index (χ0) is 53.6. The van der Waals surface area contributed by atoms with E-state index < -0.39 is 5.97 Å². The fraction of sp³-hybridized carbons (Fsp3) is 0.397. The summed E-state index contributed by atoms with van der Waals surface area (Å²) in [6.45, 7) is 21.9. The minimum absolute atomic E-state index is 0.0261. The van der Waals surface area contributed by atoms with E-state index >= 15 is 0 Å². The number of carboxylic acid groups (broad SMARTS) is 1. The Bertz CT molecular complexity index is 2750. The molecule has 73 heavy (non-hydrogen) atoms. The summed E-state index contributed by atoms with van der Waals surface area (Å²) in [6.07, 6.45) is 2.19. The zero-order valence-electron chi connectivity index (χ0n) is 45.2. The lowest BCUT2D eigenvalue weighted by Gasteiger charge is -2.24. The molecule has 0 heterocycles. The highest BCUT2D eigenvalue weighted by atomic mass is 19.1. The molecule has 0 unspecified atom stereocenters. The first-order valence-electron chi connectivity index (χ1n) is 25.2. The van der Waals surface area contributed by atoms with Gasteiger partial charge >= 0.3 is 11.9 Å². The first-order valence-corrected chi connectivity index (χ1v) is 25.2. The highest BCUT2D eigenvalue weighted by molar-refractivity contribution is 5.73. The van der Waals surface area contributed by atoms with Crippen molar-refractivity contribution in [1.29, 1.82) is 0 Å². The van der Waals surface area contributed by atoms with Crippen molar-refractivity contribution in [3.05, 3.63) is 166 Å². The van der Waals surface area contributed by atoms with Crippen LogP contribution in [0.15, 0.2) is 121 Å². The number of aliphatic carboxylic acids is 1. The third kappa shape index (κ3) is 16.7. The summed E-state index contributed by atoms with van der Waals surface area (Å²) in [5.41, 5.74) is 8.37. The number of benzene rings is 6. The predicted octanol–water partition coefficient (Wildman–Crippen LogP) is 16.1. The molecule has 0 aliphatic rings. The Hall–Kier alpha value is -6.68. The van der Waals surface area contributed by atoms with Crippen molar-refractivity contribution in [2.45, 2.75) is 131 Å². The fourth-order valence-electron chi connectivity index (χ4n) is 9.11. The Balaban J connectivity index is 0.000000271. The Morgan fingerprint density at radius 2 is 0.863 bits per heavy atom. The summed E-state index contributed by atoms with van der Waals surface area (Å²) in [5.74, 6) is 2.02. The molecule has 8 nitrogen and oxygen atoms in total. The molecule has 1 N–H and O–H groups in total. The number of hydrogen-bond donors (Lipinski definition) is 1. The highest BCUT2D eigenvalue weighted by Gasteiger charge is 2.24. The molecule has 6 rings (SSSR count). The van der Waals surface area contributed by atoms with Crippen LogP contribution in [0.4, 0.5) is 8.78 Å². The van der Waals surface area contributed by atoms with Gasteiger partial charge in [0.2, 0.25) is 0 Å². The first-order chi connectivity index (χ1) is 34.5. The van der Waals surface area contributed by atoms with Crippen LogP contribution >= 0.6 is 0 Å². The van der Waals surface area contributed by atoms with E-state index in [0.717, 1.165) is 63.1 Å². The van der Waals surface area contributed by atoms with E-state index in [1.54, 1.807) is 38.5 Å². The summed E-state index contributed by atoms with van der Waals surface area (Å²) >= 11 is 0. The maximum Gasteiger partial charge on any atom is 0.306 e. The third-order valence-corrected chi connectivity index (χ3v) is 12.8. The maximum absolute atomic E-state index is 14.9. The van der Waals surface area contributed by atoms with E-state index in [1.807, 2.05) is 78.9 Å². The Morgan fingerprint density at radius 3 is 1.19 bits per heavy atom. The van der Waals surface area contributed by atoms with E-state index in [9.17, 15) is 23.5 Å². The molecule has 0 spiro atoms. The van der Waals surface area contributed by atoms with Gasteiger partial charge in [-0.3, -0.25) is 9.59 Å². The third-order valence-electron chi connectivity index (χ3n) is 12.8. The van der Waals surface area contributed by atoms with Gasteiger partial charge in [0, 0.05) is 11.1 Å². The van der Waals surface area contributed by atoms with Gasteiger partial charge in [-0.1, -0.05) is 118 Å².